The Morgan fingerprint density at radius 1 is 1.41 bits per heavy atom. The van der Waals surface area contributed by atoms with Gasteiger partial charge in [-0.15, -0.1) is 5.10 Å². The first-order valence-electron chi connectivity index (χ1n) is 8.77. The van der Waals surface area contributed by atoms with Crippen molar-refractivity contribution >= 4 is 5.91 Å². The third-order valence-corrected chi connectivity index (χ3v) is 4.60. The normalized spacial score (nSPS) is 17.7. The summed E-state index contributed by atoms with van der Waals surface area (Å²) >= 11 is 0. The smallest absolute Gasteiger partial charge is 0.257 e. The molecule has 1 aromatic carbocycles. The number of nitrogens with zero attached hydrogens (tertiary/aromatic N) is 6. The topological polar surface area (TPSA) is 125 Å². The fraction of sp³-hybridized carbons (Fsp3) is 0.353. The van der Waals surface area contributed by atoms with Crippen LogP contribution in [0, 0.1) is 0 Å². The third kappa shape index (κ3) is 3.95. The summed E-state index contributed by atoms with van der Waals surface area (Å²) < 4.78 is 1.37. The van der Waals surface area contributed by atoms with Crippen molar-refractivity contribution in [1.29, 1.82) is 0 Å². The number of nitrogens with one attached hydrogen (secondary N) is 2. The van der Waals surface area contributed by atoms with Gasteiger partial charge in [0.1, 0.15) is 17.6 Å². The monoisotopic (exact) mass is 368 g/mol. The van der Waals surface area contributed by atoms with Crippen LogP contribution in [0.5, 0.6) is 5.75 Å². The van der Waals surface area contributed by atoms with Crippen LogP contribution in [0.1, 0.15) is 28.8 Å². The molecule has 0 bridgehead atoms. The van der Waals surface area contributed by atoms with Crippen molar-refractivity contribution in [2.75, 3.05) is 13.1 Å². The molecule has 1 saturated heterocycles. The molecule has 0 radical (unpaired) electrons. The molecule has 1 amide bonds. The third-order valence-electron chi connectivity index (χ3n) is 4.60. The van der Waals surface area contributed by atoms with E-state index in [0.717, 1.165) is 38.0 Å². The Kier molecular flexibility index (Phi) is 4.79. The molecular weight excluding hydrogens is 348 g/mol. The number of tetrazole rings is 1. The van der Waals surface area contributed by atoms with Crippen LogP contribution < -0.4 is 5.32 Å². The first-order valence-corrected chi connectivity index (χ1v) is 8.77. The molecule has 3 N–H and O–H groups in total. The standard InChI is InChI=1S/C17H20N8O2/c26-14-5-1-3-12(7-14)9-24-6-2-4-13(10-24)20-17(27)15-8-18-21-16(15)25-11-19-22-23-25/h1,3,5,7-8,11,13,26H,2,4,6,9-10H2,(H,18,21)(H,20,27)/t13-/m0/s1. The van der Waals surface area contributed by atoms with Gasteiger partial charge < -0.3 is 10.4 Å². The van der Waals surface area contributed by atoms with E-state index in [-0.39, 0.29) is 17.7 Å². The molecule has 10 heteroatoms. The highest BCUT2D eigenvalue weighted by Crippen LogP contribution is 2.17. The van der Waals surface area contributed by atoms with Gasteiger partial charge in [-0.05, 0) is 47.5 Å². The number of likely N-dealkylation sites (tertiary alicyclic amines) is 1. The van der Waals surface area contributed by atoms with Gasteiger partial charge in [0.15, 0.2) is 5.82 Å². The molecule has 0 spiro atoms. The van der Waals surface area contributed by atoms with Crippen LogP contribution in [0.4, 0.5) is 0 Å². The van der Waals surface area contributed by atoms with Crippen LogP contribution in [0.3, 0.4) is 0 Å². The van der Waals surface area contributed by atoms with Crippen molar-refractivity contribution < 1.29 is 9.90 Å². The van der Waals surface area contributed by atoms with Gasteiger partial charge in [-0.25, -0.2) is 0 Å². The van der Waals surface area contributed by atoms with Crippen LogP contribution in [0.15, 0.2) is 36.8 Å². The summed E-state index contributed by atoms with van der Waals surface area (Å²) in [6.45, 7) is 2.45. The molecule has 3 heterocycles. The maximum Gasteiger partial charge on any atom is 0.257 e. The lowest BCUT2D eigenvalue weighted by Gasteiger charge is -2.33. The Labute approximate surface area is 155 Å². The largest absolute Gasteiger partial charge is 0.508 e. The maximum absolute atomic E-state index is 12.7. The van der Waals surface area contributed by atoms with Gasteiger partial charge in [0, 0.05) is 19.1 Å². The van der Waals surface area contributed by atoms with Gasteiger partial charge >= 0.3 is 0 Å². The van der Waals surface area contributed by atoms with E-state index in [4.69, 9.17) is 0 Å². The van der Waals surface area contributed by atoms with Crippen molar-refractivity contribution in [3.8, 4) is 11.6 Å². The van der Waals surface area contributed by atoms with Crippen molar-refractivity contribution in [3.05, 3.63) is 47.9 Å². The highest BCUT2D eigenvalue weighted by molar-refractivity contribution is 5.97. The molecule has 4 rings (SSSR count). The summed E-state index contributed by atoms with van der Waals surface area (Å²) in [4.78, 5) is 15.0. The summed E-state index contributed by atoms with van der Waals surface area (Å²) in [5.74, 6) is 0.493. The lowest BCUT2D eigenvalue weighted by molar-refractivity contribution is 0.0900. The first kappa shape index (κ1) is 17.2. The number of benzene rings is 1. The molecule has 3 aromatic rings. The molecule has 1 fully saturated rings. The zero-order valence-corrected chi connectivity index (χ0v) is 14.6. The summed E-state index contributed by atoms with van der Waals surface area (Å²) in [6.07, 6.45) is 4.79. The number of piperidine rings is 1. The lowest BCUT2D eigenvalue weighted by Crippen LogP contribution is -2.47. The molecule has 1 aliphatic heterocycles. The number of phenols is 1. The molecule has 0 saturated carbocycles. The number of aromatic hydroxyl groups is 1. The van der Waals surface area contributed by atoms with E-state index in [2.05, 4.69) is 35.9 Å². The Morgan fingerprint density at radius 3 is 3.15 bits per heavy atom. The van der Waals surface area contributed by atoms with Gasteiger partial charge in [-0.1, -0.05) is 12.1 Å². The van der Waals surface area contributed by atoms with Gasteiger partial charge in [0.05, 0.1) is 6.20 Å². The van der Waals surface area contributed by atoms with Gasteiger partial charge in [-0.2, -0.15) is 9.78 Å². The van der Waals surface area contributed by atoms with E-state index in [9.17, 15) is 9.90 Å². The Morgan fingerprint density at radius 2 is 2.33 bits per heavy atom. The average Bonchev–Trinajstić information content (AvgIpc) is 3.33. The second-order valence-corrected chi connectivity index (χ2v) is 6.60. The lowest BCUT2D eigenvalue weighted by atomic mass is 10.0. The molecule has 27 heavy (non-hydrogen) atoms. The minimum Gasteiger partial charge on any atom is -0.508 e. The van der Waals surface area contributed by atoms with E-state index in [1.165, 1.54) is 17.2 Å². The number of aromatic amines is 1. The molecule has 1 atom stereocenters. The highest BCUT2D eigenvalue weighted by Gasteiger charge is 2.24. The van der Waals surface area contributed by atoms with Crippen LogP contribution in [-0.4, -0.2) is 65.4 Å². The number of H-pyrrole nitrogens is 1. The van der Waals surface area contributed by atoms with Crippen LogP contribution in [0.25, 0.3) is 5.82 Å². The van der Waals surface area contributed by atoms with Gasteiger partial charge in [0.25, 0.3) is 5.91 Å². The van der Waals surface area contributed by atoms with Crippen LogP contribution in [0.2, 0.25) is 0 Å². The fourth-order valence-corrected chi connectivity index (χ4v) is 3.38. The summed E-state index contributed by atoms with van der Waals surface area (Å²) in [6, 6.07) is 7.31. The van der Waals surface area contributed by atoms with Crippen molar-refractivity contribution in [2.45, 2.75) is 25.4 Å². The zero-order valence-electron chi connectivity index (χ0n) is 14.6. The van der Waals surface area contributed by atoms with Crippen molar-refractivity contribution in [3.63, 3.8) is 0 Å². The van der Waals surface area contributed by atoms with E-state index in [1.807, 2.05) is 12.1 Å². The second kappa shape index (κ2) is 7.54. The van der Waals surface area contributed by atoms with E-state index in [1.54, 1.807) is 12.1 Å². The fourth-order valence-electron chi connectivity index (χ4n) is 3.38. The van der Waals surface area contributed by atoms with E-state index in [0.29, 0.717) is 11.4 Å². The predicted octanol–water partition coefficient (Wildman–Crippen LogP) is 0.485. The molecule has 1 aliphatic rings. The molecule has 140 valence electrons. The summed E-state index contributed by atoms with van der Waals surface area (Å²) in [5, 5.41) is 30.3. The Balaban J connectivity index is 1.39. The number of rotatable bonds is 5. The van der Waals surface area contributed by atoms with Crippen LogP contribution in [-0.2, 0) is 6.54 Å². The minimum absolute atomic E-state index is 0.0418. The Hall–Kier alpha value is -3.27. The number of aromatic nitrogens is 6. The van der Waals surface area contributed by atoms with Crippen LogP contribution >= 0.6 is 0 Å². The number of carbonyl (C=O) groups is 1. The molecule has 2 aromatic heterocycles. The Bertz CT molecular complexity index is 907. The van der Waals surface area contributed by atoms with E-state index < -0.39 is 0 Å². The minimum atomic E-state index is -0.210. The number of hydrogen-bond donors (Lipinski definition) is 3. The quantitative estimate of drug-likeness (QED) is 0.598. The van der Waals surface area contributed by atoms with Gasteiger partial charge in [0.2, 0.25) is 0 Å². The van der Waals surface area contributed by atoms with Crippen molar-refractivity contribution in [1.82, 2.24) is 40.6 Å². The first-order chi connectivity index (χ1) is 13.2. The van der Waals surface area contributed by atoms with Crippen molar-refractivity contribution in [2.24, 2.45) is 0 Å². The summed E-state index contributed by atoms with van der Waals surface area (Å²) in [5.41, 5.74) is 1.45. The SMILES string of the molecule is O=C(N[C@H]1CCCN(Cc2cccc(O)c2)C1)c1cn[nH]c1-n1cnnn1. The molecular formula is C17H20N8O2. The molecule has 0 unspecified atom stereocenters. The zero-order chi connectivity index (χ0) is 18.6. The average molecular weight is 368 g/mol. The molecule has 10 nitrogen and oxygen atoms in total. The number of phenolic OH excluding ortho intramolecular Hbond substituents is 1. The second-order valence-electron chi connectivity index (χ2n) is 6.60. The summed E-state index contributed by atoms with van der Waals surface area (Å²) in [7, 11) is 0. The number of hydrogen-bond acceptors (Lipinski definition) is 7. The number of amides is 1. The molecule has 0 aliphatic carbocycles. The predicted molar refractivity (Wildman–Crippen MR) is 95.2 cm³/mol. The van der Waals surface area contributed by atoms with Gasteiger partial charge in [-0.3, -0.25) is 14.8 Å². The maximum atomic E-state index is 12.7. The number of carbonyl (C=O) groups excluding carboxylic acids is 1. The highest BCUT2D eigenvalue weighted by atomic mass is 16.3. The van der Waals surface area contributed by atoms with E-state index >= 15 is 0 Å².